The van der Waals surface area contributed by atoms with Gasteiger partial charge in [0.25, 0.3) is 5.56 Å². The first-order valence-corrected chi connectivity index (χ1v) is 13.7. The fraction of sp³-hybridized carbons (Fsp3) is 0.483. The van der Waals surface area contributed by atoms with Crippen LogP contribution in [-0.2, 0) is 24.9 Å². The van der Waals surface area contributed by atoms with Gasteiger partial charge in [0.15, 0.2) is 16.9 Å². The number of aryl methyl sites for hydroxylation is 1. The standard InChI is InChI=1S/C29H38N6O6/c1-18(2)13-15-34-23-24(31-26(34)33-14-9-10-19(16-33)30-27(39)41-29(3,4)5)32(6)28(40)35(25(23)38)17-22(37)20-11-7-8-12-21(20)36/h7-8,11-13,19,36H,9-10,14-17H2,1-6H3,(H,30,39). The van der Waals surface area contributed by atoms with E-state index in [9.17, 15) is 24.3 Å². The van der Waals surface area contributed by atoms with Crippen molar-refractivity contribution in [1.82, 2.24) is 24.0 Å². The van der Waals surface area contributed by atoms with Crippen molar-refractivity contribution in [2.24, 2.45) is 7.05 Å². The molecule has 0 bridgehead atoms. The molecule has 2 N–H and O–H groups in total. The van der Waals surface area contributed by atoms with Gasteiger partial charge >= 0.3 is 11.8 Å². The van der Waals surface area contributed by atoms with Crippen LogP contribution in [0.5, 0.6) is 5.75 Å². The number of alkyl carbamates (subject to hydrolysis) is 1. The first-order chi connectivity index (χ1) is 19.3. The maximum Gasteiger partial charge on any atom is 0.407 e. The Hall–Kier alpha value is -4.35. The average molecular weight is 567 g/mol. The number of ether oxygens (including phenoxy) is 1. The van der Waals surface area contributed by atoms with Gasteiger partial charge in [0, 0.05) is 32.7 Å². The molecule has 2 aromatic heterocycles. The van der Waals surface area contributed by atoms with Crippen LogP contribution in [0.15, 0.2) is 45.5 Å². The molecule has 0 radical (unpaired) electrons. The summed E-state index contributed by atoms with van der Waals surface area (Å²) in [5.74, 6) is -0.298. The second kappa shape index (κ2) is 11.6. The number of phenolic OH excluding ortho intramolecular Hbond substituents is 1. The van der Waals surface area contributed by atoms with Gasteiger partial charge < -0.3 is 24.6 Å². The number of para-hydroxylation sites is 1. The Bertz CT molecular complexity index is 1620. The number of imidazole rings is 1. The van der Waals surface area contributed by atoms with Gasteiger partial charge in [0.05, 0.1) is 12.1 Å². The highest BCUT2D eigenvalue weighted by molar-refractivity contribution is 5.98. The molecule has 1 aliphatic heterocycles. The van der Waals surface area contributed by atoms with Crippen molar-refractivity contribution in [3.05, 3.63) is 62.3 Å². The number of nitrogens with zero attached hydrogens (tertiary/aromatic N) is 5. The smallest absolute Gasteiger partial charge is 0.407 e. The molecule has 12 heteroatoms. The molecule has 220 valence electrons. The summed E-state index contributed by atoms with van der Waals surface area (Å²) in [7, 11) is 1.51. The number of benzene rings is 1. The van der Waals surface area contributed by atoms with E-state index in [2.05, 4.69) is 5.32 Å². The number of ketones is 1. The van der Waals surface area contributed by atoms with Crippen LogP contribution < -0.4 is 21.5 Å². The number of aromatic hydroxyl groups is 1. The van der Waals surface area contributed by atoms with Crippen molar-refractivity contribution >= 4 is 29.0 Å². The van der Waals surface area contributed by atoms with E-state index in [0.29, 0.717) is 25.6 Å². The number of phenols is 1. The lowest BCUT2D eigenvalue weighted by Crippen LogP contribution is -2.49. The van der Waals surface area contributed by atoms with Crippen LogP contribution >= 0.6 is 0 Å². The fourth-order valence-electron chi connectivity index (χ4n) is 4.88. The lowest BCUT2D eigenvalue weighted by atomic mass is 10.1. The summed E-state index contributed by atoms with van der Waals surface area (Å²) in [5.41, 5.74) is -0.515. The van der Waals surface area contributed by atoms with Crippen LogP contribution in [0.3, 0.4) is 0 Å². The molecule has 1 saturated heterocycles. The normalized spacial score (nSPS) is 15.6. The number of anilines is 1. The number of allylic oxidation sites excluding steroid dienone is 2. The number of amides is 1. The minimum atomic E-state index is -0.687. The second-order valence-electron chi connectivity index (χ2n) is 11.6. The number of nitrogens with one attached hydrogen (secondary N) is 1. The lowest BCUT2D eigenvalue weighted by molar-refractivity contribution is 0.0499. The molecule has 0 aliphatic carbocycles. The quantitative estimate of drug-likeness (QED) is 0.329. The minimum absolute atomic E-state index is 0.0251. The predicted molar refractivity (Wildman–Crippen MR) is 156 cm³/mol. The van der Waals surface area contributed by atoms with Gasteiger partial charge in [-0.25, -0.2) is 9.59 Å². The Balaban J connectivity index is 1.76. The monoisotopic (exact) mass is 566 g/mol. The number of piperidine rings is 1. The predicted octanol–water partition coefficient (Wildman–Crippen LogP) is 2.94. The van der Waals surface area contributed by atoms with Gasteiger partial charge in [0.2, 0.25) is 5.95 Å². The van der Waals surface area contributed by atoms with Crippen LogP contribution in [0.2, 0.25) is 0 Å². The molecule has 1 unspecified atom stereocenters. The van der Waals surface area contributed by atoms with Crippen LogP contribution in [0, 0.1) is 0 Å². The SMILES string of the molecule is CC(C)=CCn1c(N2CCCC(NC(=O)OC(C)(C)C)C2)nc2c1c(=O)n(CC(=O)c1ccccc1O)c(=O)n2C. The third-order valence-corrected chi connectivity index (χ3v) is 6.83. The van der Waals surface area contributed by atoms with Crippen molar-refractivity contribution in [3.8, 4) is 5.75 Å². The molecule has 3 aromatic rings. The molecule has 4 rings (SSSR count). The zero-order chi connectivity index (χ0) is 30.1. The zero-order valence-corrected chi connectivity index (χ0v) is 24.4. The van der Waals surface area contributed by atoms with Crippen LogP contribution in [-0.4, -0.2) is 60.4 Å². The summed E-state index contributed by atoms with van der Waals surface area (Å²) in [6.45, 7) is 10.2. The maximum atomic E-state index is 13.8. The Morgan fingerprint density at radius 2 is 1.88 bits per heavy atom. The Kier molecular flexibility index (Phi) is 8.41. The van der Waals surface area contributed by atoms with E-state index in [4.69, 9.17) is 9.72 Å². The van der Waals surface area contributed by atoms with Crippen LogP contribution in [0.4, 0.5) is 10.7 Å². The van der Waals surface area contributed by atoms with Gasteiger partial charge in [-0.3, -0.25) is 18.7 Å². The third kappa shape index (κ3) is 6.53. The number of hydrogen-bond acceptors (Lipinski definition) is 8. The fourth-order valence-corrected chi connectivity index (χ4v) is 4.88. The highest BCUT2D eigenvalue weighted by Crippen LogP contribution is 2.24. The molecule has 0 saturated carbocycles. The van der Waals surface area contributed by atoms with E-state index in [0.717, 1.165) is 23.0 Å². The molecule has 1 aromatic carbocycles. The minimum Gasteiger partial charge on any atom is -0.507 e. The van der Waals surface area contributed by atoms with E-state index in [1.807, 2.05) is 24.8 Å². The van der Waals surface area contributed by atoms with Gasteiger partial charge in [-0.05, 0) is 59.6 Å². The number of fused-ring (bicyclic) bond motifs is 1. The molecule has 1 amide bonds. The van der Waals surface area contributed by atoms with Crippen molar-refractivity contribution in [3.63, 3.8) is 0 Å². The van der Waals surface area contributed by atoms with Crippen molar-refractivity contribution in [1.29, 1.82) is 0 Å². The van der Waals surface area contributed by atoms with Crippen LogP contribution in [0.1, 0.15) is 57.8 Å². The zero-order valence-electron chi connectivity index (χ0n) is 24.4. The number of carbonyl (C=O) groups excluding carboxylic acids is 2. The van der Waals surface area contributed by atoms with Crippen molar-refractivity contribution in [2.75, 3.05) is 18.0 Å². The topological polar surface area (TPSA) is 141 Å². The molecule has 1 aliphatic rings. The molecule has 0 spiro atoms. The Morgan fingerprint density at radius 3 is 2.54 bits per heavy atom. The molecule has 1 fully saturated rings. The van der Waals surface area contributed by atoms with E-state index in [1.165, 1.54) is 23.7 Å². The number of hydrogen-bond donors (Lipinski definition) is 2. The molecular formula is C29H38N6O6. The number of aromatic nitrogens is 4. The van der Waals surface area contributed by atoms with E-state index in [1.54, 1.807) is 37.5 Å². The number of Topliss-reactive ketones (excluding diaryl/α,β-unsaturated/α-hetero) is 1. The van der Waals surface area contributed by atoms with E-state index >= 15 is 0 Å². The van der Waals surface area contributed by atoms with Crippen LogP contribution in [0.25, 0.3) is 11.2 Å². The molecule has 41 heavy (non-hydrogen) atoms. The summed E-state index contributed by atoms with van der Waals surface area (Å²) in [6, 6.07) is 5.80. The van der Waals surface area contributed by atoms with Gasteiger partial charge in [-0.1, -0.05) is 23.8 Å². The maximum absolute atomic E-state index is 13.8. The van der Waals surface area contributed by atoms with Crippen molar-refractivity contribution in [2.45, 2.75) is 72.2 Å². The number of carbonyl (C=O) groups is 2. The van der Waals surface area contributed by atoms with Gasteiger partial charge in [-0.15, -0.1) is 0 Å². The van der Waals surface area contributed by atoms with Gasteiger partial charge in [-0.2, -0.15) is 4.98 Å². The summed E-state index contributed by atoms with van der Waals surface area (Å²) >= 11 is 0. The first kappa shape index (κ1) is 29.6. The van der Waals surface area contributed by atoms with Gasteiger partial charge in [0.1, 0.15) is 11.4 Å². The highest BCUT2D eigenvalue weighted by Gasteiger charge is 2.29. The lowest BCUT2D eigenvalue weighted by Gasteiger charge is -2.34. The largest absolute Gasteiger partial charge is 0.507 e. The molecule has 12 nitrogen and oxygen atoms in total. The summed E-state index contributed by atoms with van der Waals surface area (Å²) in [5, 5.41) is 13.0. The van der Waals surface area contributed by atoms with Crippen molar-refractivity contribution < 1.29 is 19.4 Å². The molecule has 1 atom stereocenters. The third-order valence-electron chi connectivity index (χ3n) is 6.83. The Morgan fingerprint density at radius 1 is 1.17 bits per heavy atom. The summed E-state index contributed by atoms with van der Waals surface area (Å²) in [4.78, 5) is 59.3. The molecule has 3 heterocycles. The summed E-state index contributed by atoms with van der Waals surface area (Å²) < 4.78 is 9.32. The summed E-state index contributed by atoms with van der Waals surface area (Å²) in [6.07, 6.45) is 2.98. The number of rotatable bonds is 7. The first-order valence-electron chi connectivity index (χ1n) is 13.7. The van der Waals surface area contributed by atoms with E-state index in [-0.39, 0.29) is 28.5 Å². The van der Waals surface area contributed by atoms with E-state index < -0.39 is 35.3 Å². The molecular weight excluding hydrogens is 528 g/mol. The highest BCUT2D eigenvalue weighted by atomic mass is 16.6. The average Bonchev–Trinajstić information content (AvgIpc) is 3.27. The Labute approximate surface area is 237 Å². The second-order valence-corrected chi connectivity index (χ2v) is 11.6.